The van der Waals surface area contributed by atoms with Gasteiger partial charge in [-0.2, -0.15) is 0 Å². The molecule has 2 aromatic rings. The van der Waals surface area contributed by atoms with E-state index in [0.717, 1.165) is 16.6 Å². The predicted molar refractivity (Wildman–Crippen MR) is 96.3 cm³/mol. The lowest BCUT2D eigenvalue weighted by Gasteiger charge is -2.15. The van der Waals surface area contributed by atoms with Crippen LogP contribution >= 0.6 is 27.5 Å². The summed E-state index contributed by atoms with van der Waals surface area (Å²) in [5, 5.41) is 3.80. The van der Waals surface area contributed by atoms with Crippen LogP contribution < -0.4 is 14.8 Å². The second kappa shape index (κ2) is 7.72. The van der Waals surface area contributed by atoms with Crippen LogP contribution in [-0.4, -0.2) is 13.2 Å². The van der Waals surface area contributed by atoms with Gasteiger partial charge in [0.2, 0.25) is 0 Å². The van der Waals surface area contributed by atoms with E-state index in [0.29, 0.717) is 28.1 Å². The average molecular weight is 415 g/mol. The van der Waals surface area contributed by atoms with Crippen molar-refractivity contribution in [1.82, 2.24) is 5.32 Å². The molecule has 3 rings (SSSR count). The van der Waals surface area contributed by atoms with Gasteiger partial charge < -0.3 is 14.8 Å². The number of benzene rings is 2. The molecule has 128 valence electrons. The summed E-state index contributed by atoms with van der Waals surface area (Å²) in [5.41, 5.74) is 1.43. The third-order valence-corrected chi connectivity index (χ3v) is 4.83. The quantitative estimate of drug-likeness (QED) is 0.685. The summed E-state index contributed by atoms with van der Waals surface area (Å²) >= 11 is 9.55. The van der Waals surface area contributed by atoms with Crippen LogP contribution in [0.1, 0.15) is 24.0 Å². The van der Waals surface area contributed by atoms with E-state index in [1.807, 2.05) is 12.1 Å². The van der Waals surface area contributed by atoms with Gasteiger partial charge >= 0.3 is 0 Å². The molecule has 0 aliphatic heterocycles. The van der Waals surface area contributed by atoms with Crippen molar-refractivity contribution in [3.05, 3.63) is 56.8 Å². The number of halogens is 3. The molecule has 24 heavy (non-hydrogen) atoms. The Balaban J connectivity index is 1.76. The van der Waals surface area contributed by atoms with Crippen molar-refractivity contribution in [3.63, 3.8) is 0 Å². The molecule has 0 aromatic heterocycles. The van der Waals surface area contributed by atoms with E-state index in [1.54, 1.807) is 19.2 Å². The second-order valence-electron chi connectivity index (χ2n) is 5.75. The summed E-state index contributed by atoms with van der Waals surface area (Å²) < 4.78 is 25.8. The normalized spacial score (nSPS) is 13.8. The van der Waals surface area contributed by atoms with Crippen LogP contribution in [0.4, 0.5) is 4.39 Å². The smallest absolute Gasteiger partial charge is 0.175 e. The zero-order chi connectivity index (χ0) is 17.1. The van der Waals surface area contributed by atoms with Gasteiger partial charge in [0, 0.05) is 18.2 Å². The number of ether oxygens (including phenoxy) is 2. The van der Waals surface area contributed by atoms with Crippen LogP contribution in [0.2, 0.25) is 5.02 Å². The van der Waals surface area contributed by atoms with Crippen molar-refractivity contribution in [1.29, 1.82) is 0 Å². The fourth-order valence-corrected chi connectivity index (χ4v) is 3.20. The molecule has 0 radical (unpaired) electrons. The lowest BCUT2D eigenvalue weighted by Crippen LogP contribution is -2.15. The van der Waals surface area contributed by atoms with Crippen LogP contribution in [0, 0.1) is 5.82 Å². The minimum absolute atomic E-state index is 0.0279. The van der Waals surface area contributed by atoms with E-state index in [2.05, 4.69) is 21.2 Å². The first-order valence-electron chi connectivity index (χ1n) is 7.74. The summed E-state index contributed by atoms with van der Waals surface area (Å²) in [6.45, 7) is 0.805. The van der Waals surface area contributed by atoms with Gasteiger partial charge in [0.05, 0.1) is 16.6 Å². The monoisotopic (exact) mass is 413 g/mol. The van der Waals surface area contributed by atoms with Crippen molar-refractivity contribution < 1.29 is 13.9 Å². The molecule has 1 N–H and O–H groups in total. The molecule has 1 fully saturated rings. The minimum Gasteiger partial charge on any atom is -0.493 e. The molecular weight excluding hydrogens is 397 g/mol. The van der Waals surface area contributed by atoms with Crippen molar-refractivity contribution in [2.75, 3.05) is 7.11 Å². The second-order valence-corrected chi connectivity index (χ2v) is 7.01. The number of nitrogens with one attached hydrogen (secondary N) is 1. The maximum absolute atomic E-state index is 13.9. The van der Waals surface area contributed by atoms with Gasteiger partial charge in [-0.05, 0) is 58.6 Å². The van der Waals surface area contributed by atoms with E-state index < -0.39 is 0 Å². The van der Waals surface area contributed by atoms with E-state index >= 15 is 0 Å². The van der Waals surface area contributed by atoms with Crippen molar-refractivity contribution in [3.8, 4) is 11.5 Å². The number of rotatable bonds is 7. The highest BCUT2D eigenvalue weighted by molar-refractivity contribution is 9.10. The fourth-order valence-electron chi connectivity index (χ4n) is 2.38. The SMILES string of the molecule is COc1cc(CNC2CC2)cc(Br)c1OCc1c(F)cccc1Cl. The maximum atomic E-state index is 13.9. The Bertz CT molecular complexity index is 717. The number of hydrogen-bond donors (Lipinski definition) is 1. The molecule has 6 heteroatoms. The van der Waals surface area contributed by atoms with Gasteiger partial charge in [0.15, 0.2) is 11.5 Å². The van der Waals surface area contributed by atoms with Crippen LogP contribution in [-0.2, 0) is 13.2 Å². The lowest BCUT2D eigenvalue weighted by atomic mass is 10.2. The average Bonchev–Trinajstić information content (AvgIpc) is 3.37. The van der Waals surface area contributed by atoms with E-state index in [-0.39, 0.29) is 12.4 Å². The zero-order valence-corrected chi connectivity index (χ0v) is 15.6. The number of hydrogen-bond acceptors (Lipinski definition) is 3. The molecule has 0 spiro atoms. The molecule has 0 bridgehead atoms. The topological polar surface area (TPSA) is 30.5 Å². The maximum Gasteiger partial charge on any atom is 0.175 e. The largest absolute Gasteiger partial charge is 0.493 e. The minimum atomic E-state index is -0.386. The standard InChI is InChI=1S/C18H18BrClFNO2/c1-23-17-8-11(9-22-12-5-6-12)7-14(19)18(17)24-10-13-15(20)3-2-4-16(13)21/h2-4,7-8,12,22H,5-6,9-10H2,1H3. The van der Waals surface area contributed by atoms with Gasteiger partial charge in [0.25, 0.3) is 0 Å². The molecule has 1 aliphatic carbocycles. The summed E-state index contributed by atoms with van der Waals surface area (Å²) in [4.78, 5) is 0. The molecular formula is C18H18BrClFNO2. The molecule has 0 amide bonds. The van der Waals surface area contributed by atoms with E-state index in [1.165, 1.54) is 18.9 Å². The summed E-state index contributed by atoms with van der Waals surface area (Å²) in [5.74, 6) is 0.749. The molecule has 1 saturated carbocycles. The van der Waals surface area contributed by atoms with Gasteiger partial charge in [-0.15, -0.1) is 0 Å². The van der Waals surface area contributed by atoms with Crippen LogP contribution in [0.15, 0.2) is 34.8 Å². The molecule has 2 aromatic carbocycles. The first-order valence-corrected chi connectivity index (χ1v) is 8.91. The first kappa shape index (κ1) is 17.5. The lowest BCUT2D eigenvalue weighted by molar-refractivity contribution is 0.277. The Morgan fingerprint density at radius 2 is 2.12 bits per heavy atom. The molecule has 0 unspecified atom stereocenters. The van der Waals surface area contributed by atoms with Crippen LogP contribution in [0.5, 0.6) is 11.5 Å². The first-order chi connectivity index (χ1) is 11.6. The molecule has 0 heterocycles. The van der Waals surface area contributed by atoms with Gasteiger partial charge in [-0.3, -0.25) is 0 Å². The predicted octanol–water partition coefficient (Wildman–Crippen LogP) is 5.08. The Labute approximate surface area is 154 Å². The zero-order valence-electron chi connectivity index (χ0n) is 13.2. The Morgan fingerprint density at radius 1 is 1.33 bits per heavy atom. The number of methoxy groups -OCH3 is 1. The summed E-state index contributed by atoms with van der Waals surface area (Å²) in [7, 11) is 1.59. The van der Waals surface area contributed by atoms with E-state index in [4.69, 9.17) is 21.1 Å². The molecule has 0 atom stereocenters. The van der Waals surface area contributed by atoms with Crippen molar-refractivity contribution in [2.24, 2.45) is 0 Å². The third-order valence-electron chi connectivity index (χ3n) is 3.88. The van der Waals surface area contributed by atoms with Crippen LogP contribution in [0.3, 0.4) is 0 Å². The Kier molecular flexibility index (Phi) is 5.64. The Morgan fingerprint density at radius 3 is 2.79 bits per heavy atom. The van der Waals surface area contributed by atoms with Gasteiger partial charge in [-0.1, -0.05) is 17.7 Å². The third kappa shape index (κ3) is 4.21. The summed E-state index contributed by atoms with van der Waals surface area (Å²) in [6, 6.07) is 9.12. The molecule has 1 aliphatic rings. The van der Waals surface area contributed by atoms with Crippen molar-refractivity contribution in [2.45, 2.75) is 32.0 Å². The van der Waals surface area contributed by atoms with Gasteiger partial charge in [0.1, 0.15) is 12.4 Å². The highest BCUT2D eigenvalue weighted by Gasteiger charge is 2.21. The highest BCUT2D eigenvalue weighted by Crippen LogP contribution is 2.38. The highest BCUT2D eigenvalue weighted by atomic mass is 79.9. The Hall–Kier alpha value is -1.30. The summed E-state index contributed by atoms with van der Waals surface area (Å²) in [6.07, 6.45) is 2.48. The fraction of sp³-hybridized carbons (Fsp3) is 0.333. The molecule has 0 saturated heterocycles. The van der Waals surface area contributed by atoms with Crippen LogP contribution in [0.25, 0.3) is 0 Å². The molecule has 3 nitrogen and oxygen atoms in total. The van der Waals surface area contributed by atoms with Crippen molar-refractivity contribution >= 4 is 27.5 Å². The van der Waals surface area contributed by atoms with E-state index in [9.17, 15) is 4.39 Å². The van der Waals surface area contributed by atoms with Gasteiger partial charge in [-0.25, -0.2) is 4.39 Å².